The van der Waals surface area contributed by atoms with Gasteiger partial charge in [-0.3, -0.25) is 0 Å². The summed E-state index contributed by atoms with van der Waals surface area (Å²) in [7, 11) is 0. The van der Waals surface area contributed by atoms with Gasteiger partial charge in [0.1, 0.15) is 17.7 Å². The summed E-state index contributed by atoms with van der Waals surface area (Å²) in [5.74, 6) is -0.734. The van der Waals surface area contributed by atoms with Gasteiger partial charge in [0.2, 0.25) is 11.3 Å². The number of carbonyl (C=O) groups is 1. The number of aromatic nitrogens is 2. The van der Waals surface area contributed by atoms with Crippen molar-refractivity contribution in [2.75, 3.05) is 5.73 Å². The van der Waals surface area contributed by atoms with Gasteiger partial charge in [-0.25, -0.2) is 14.8 Å². The van der Waals surface area contributed by atoms with Crippen LogP contribution in [0.1, 0.15) is 22.4 Å². The first-order valence-electron chi connectivity index (χ1n) is 12.5. The van der Waals surface area contributed by atoms with E-state index in [4.69, 9.17) is 14.8 Å². The summed E-state index contributed by atoms with van der Waals surface area (Å²) in [5, 5.41) is 6.40. The van der Waals surface area contributed by atoms with Gasteiger partial charge in [-0.1, -0.05) is 108 Å². The molecule has 0 spiro atoms. The number of benzene rings is 4. The number of nitrogen functional groups attached to an aromatic ring is 1. The van der Waals surface area contributed by atoms with Crippen molar-refractivity contribution < 1.29 is 13.8 Å². The average Bonchev–Trinajstić information content (AvgIpc) is 3.65. The first kappa shape index (κ1) is 26.7. The summed E-state index contributed by atoms with van der Waals surface area (Å²) in [6.07, 6.45) is 0. The molecule has 0 fully saturated rings. The zero-order valence-electron chi connectivity index (χ0n) is 21.4. The van der Waals surface area contributed by atoms with Gasteiger partial charge in [0, 0.05) is 22.1 Å². The number of anilines is 1. The number of thiazole rings is 2. The van der Waals surface area contributed by atoms with Crippen molar-refractivity contribution in [3.63, 3.8) is 0 Å². The zero-order valence-corrected chi connectivity index (χ0v) is 23.9. The molecule has 41 heavy (non-hydrogen) atoms. The van der Waals surface area contributed by atoms with Crippen molar-refractivity contribution in [3.8, 4) is 0 Å². The summed E-state index contributed by atoms with van der Waals surface area (Å²) >= 11 is 3.50. The minimum atomic E-state index is -1.18. The molecule has 0 radical (unpaired) electrons. The van der Waals surface area contributed by atoms with Crippen molar-refractivity contribution in [2.45, 2.75) is 9.94 Å². The lowest BCUT2D eigenvalue weighted by molar-refractivity contribution is -0.126. The third kappa shape index (κ3) is 5.58. The number of para-hydroxylation sites is 1. The van der Waals surface area contributed by atoms with Crippen molar-refractivity contribution >= 4 is 61.7 Å². The second kappa shape index (κ2) is 11.9. The summed E-state index contributed by atoms with van der Waals surface area (Å²) in [6, 6.07) is 37.0. The Labute approximate surface area is 248 Å². The molecule has 0 saturated heterocycles. The molecule has 0 amide bonds. The van der Waals surface area contributed by atoms with E-state index in [0.29, 0.717) is 9.47 Å². The summed E-state index contributed by atoms with van der Waals surface area (Å²) in [4.78, 5) is 28.9. The number of nitrogens with zero attached hydrogens (tertiary/aromatic N) is 3. The number of hydrogen-bond acceptors (Lipinski definition) is 10. The fraction of sp³-hybridized carbons (Fsp3) is 0.0323. The van der Waals surface area contributed by atoms with Crippen LogP contribution >= 0.6 is 34.7 Å². The second-order valence-electron chi connectivity index (χ2n) is 8.78. The van der Waals surface area contributed by atoms with Crippen LogP contribution in [0.5, 0.6) is 0 Å². The highest BCUT2D eigenvalue weighted by atomic mass is 32.2. The van der Waals surface area contributed by atoms with Gasteiger partial charge in [-0.05, 0) is 12.1 Å². The Bertz CT molecular complexity index is 1680. The quantitative estimate of drug-likeness (QED) is 0.0812. The smallest absolute Gasteiger partial charge is 0.375 e. The average molecular weight is 595 g/mol. The number of carbonyl (C=O) groups excluding carboxylic acids is 1. The molecule has 0 bridgehead atoms. The highest BCUT2D eigenvalue weighted by Crippen LogP contribution is 2.41. The molecule has 10 heteroatoms. The van der Waals surface area contributed by atoms with Crippen LogP contribution in [0.15, 0.2) is 130 Å². The molecule has 0 aliphatic carbocycles. The number of nitrogens with two attached hydrogens (primary N) is 1. The molecule has 0 aliphatic heterocycles. The summed E-state index contributed by atoms with van der Waals surface area (Å²) in [6.45, 7) is 0. The number of fused-ring (bicyclic) bond motifs is 1. The Morgan fingerprint density at radius 2 is 1.34 bits per heavy atom. The topological polar surface area (TPSA) is 99.7 Å². The lowest BCUT2D eigenvalue weighted by Gasteiger charge is -2.33. The molecule has 7 nitrogen and oxygen atoms in total. The number of hydrogen-bond donors (Lipinski definition) is 1. The maximum Gasteiger partial charge on any atom is 0.375 e. The molecule has 2 aromatic heterocycles. The summed E-state index contributed by atoms with van der Waals surface area (Å²) < 4.78 is 7.19. The molecule has 2 N–H and O–H groups in total. The van der Waals surface area contributed by atoms with Crippen LogP contribution < -0.4 is 5.73 Å². The van der Waals surface area contributed by atoms with Crippen LogP contribution in [0.25, 0.3) is 10.2 Å². The van der Waals surface area contributed by atoms with E-state index >= 15 is 0 Å². The molecular weight excluding hydrogens is 573 g/mol. The Balaban J connectivity index is 1.42. The second-order valence-corrected chi connectivity index (χ2v) is 11.7. The van der Waals surface area contributed by atoms with E-state index in [2.05, 4.69) is 15.1 Å². The molecule has 4 aromatic carbocycles. The highest BCUT2D eigenvalue weighted by molar-refractivity contribution is 7.97. The van der Waals surface area contributed by atoms with E-state index in [1.807, 2.05) is 115 Å². The van der Waals surface area contributed by atoms with Crippen molar-refractivity contribution in [1.82, 2.24) is 9.97 Å². The summed E-state index contributed by atoms with van der Waals surface area (Å²) in [5.41, 5.74) is 8.20. The third-order valence-electron chi connectivity index (χ3n) is 6.24. The minimum Gasteiger partial charge on any atom is -0.379 e. The predicted molar refractivity (Wildman–Crippen MR) is 165 cm³/mol. The molecule has 0 aliphatic rings. The van der Waals surface area contributed by atoms with Gasteiger partial charge < -0.3 is 14.8 Å². The van der Waals surface area contributed by atoms with Gasteiger partial charge in [0.25, 0.3) is 0 Å². The van der Waals surface area contributed by atoms with E-state index in [-0.39, 0.29) is 11.4 Å². The van der Waals surface area contributed by atoms with Crippen LogP contribution in [-0.4, -0.2) is 21.6 Å². The van der Waals surface area contributed by atoms with E-state index in [1.165, 1.54) is 22.7 Å². The van der Waals surface area contributed by atoms with Gasteiger partial charge >= 0.3 is 5.97 Å². The Kier molecular flexibility index (Phi) is 7.77. The Hall–Kier alpha value is -4.51. The monoisotopic (exact) mass is 594 g/mol. The molecular formula is C31H22N4O3S3. The molecule has 0 atom stereocenters. The standard InChI is InChI=1S/C31H22N4O3S3/c32-29-33-25(20-39-29)27(28(36)37-41-30-34-24-18-10-11-19-26(24)40-30)35-38-31(21-12-4-1-5-13-21,22-14-6-2-7-15-22)23-16-8-3-9-17-23/h1-20H,(H2,32,33). The predicted octanol–water partition coefficient (Wildman–Crippen LogP) is 7.30. The van der Waals surface area contributed by atoms with E-state index < -0.39 is 11.6 Å². The fourth-order valence-electron chi connectivity index (χ4n) is 4.38. The fourth-order valence-corrected chi connectivity index (χ4v) is 6.49. The molecule has 0 saturated carbocycles. The Morgan fingerprint density at radius 3 is 1.88 bits per heavy atom. The van der Waals surface area contributed by atoms with E-state index in [1.54, 1.807) is 5.38 Å². The van der Waals surface area contributed by atoms with Crippen molar-refractivity contribution in [3.05, 3.63) is 143 Å². The molecule has 6 rings (SSSR count). The van der Waals surface area contributed by atoms with Crippen LogP contribution in [0, 0.1) is 0 Å². The van der Waals surface area contributed by atoms with Gasteiger partial charge in [0.15, 0.2) is 9.47 Å². The third-order valence-corrected chi connectivity index (χ3v) is 8.66. The molecule has 6 aromatic rings. The van der Waals surface area contributed by atoms with Crippen LogP contribution in [0.4, 0.5) is 5.13 Å². The largest absolute Gasteiger partial charge is 0.379 e. The minimum absolute atomic E-state index is 0.112. The number of oxime groups is 1. The van der Waals surface area contributed by atoms with Gasteiger partial charge in [-0.15, -0.1) is 22.7 Å². The Morgan fingerprint density at radius 1 is 0.780 bits per heavy atom. The van der Waals surface area contributed by atoms with Gasteiger partial charge in [0.05, 0.1) is 10.2 Å². The van der Waals surface area contributed by atoms with Crippen LogP contribution in [-0.2, 0) is 19.4 Å². The zero-order chi connectivity index (χ0) is 28.1. The number of rotatable bonds is 9. The first-order chi connectivity index (χ1) is 20.1. The molecule has 2 heterocycles. The maximum atomic E-state index is 13.5. The normalized spacial score (nSPS) is 11.9. The van der Waals surface area contributed by atoms with Crippen LogP contribution in [0.3, 0.4) is 0 Å². The lowest BCUT2D eigenvalue weighted by Crippen LogP contribution is -2.32. The van der Waals surface area contributed by atoms with Gasteiger partial charge in [-0.2, -0.15) is 0 Å². The molecule has 0 unspecified atom stereocenters. The van der Waals surface area contributed by atoms with E-state index in [9.17, 15) is 4.79 Å². The van der Waals surface area contributed by atoms with Crippen LogP contribution in [0.2, 0.25) is 0 Å². The van der Waals surface area contributed by atoms with Crippen molar-refractivity contribution in [2.24, 2.45) is 5.16 Å². The van der Waals surface area contributed by atoms with E-state index in [0.717, 1.165) is 38.9 Å². The SMILES string of the molecule is Nc1nc(C(=NOC(c2ccccc2)(c2ccccc2)c2ccccc2)C(=O)OSc2nc3ccccc3s2)cs1. The first-order valence-corrected chi connectivity index (χ1v) is 15.0. The van der Waals surface area contributed by atoms with Crippen molar-refractivity contribution in [1.29, 1.82) is 0 Å². The highest BCUT2D eigenvalue weighted by Gasteiger charge is 2.40. The lowest BCUT2D eigenvalue weighted by atomic mass is 9.80. The maximum absolute atomic E-state index is 13.5. The molecule has 202 valence electrons.